The Morgan fingerprint density at radius 1 is 1.30 bits per heavy atom. The molecular weight excluding hydrogens is 278 g/mol. The number of hydrogen-bond acceptors (Lipinski definition) is 6. The number of aromatic nitrogens is 1. The number of amides is 1. The highest BCUT2D eigenvalue weighted by Crippen LogP contribution is 2.34. The van der Waals surface area contributed by atoms with Gasteiger partial charge in [0.1, 0.15) is 5.69 Å². The summed E-state index contributed by atoms with van der Waals surface area (Å²) in [5.41, 5.74) is 7.10. The van der Waals surface area contributed by atoms with Gasteiger partial charge < -0.3 is 20.5 Å². The number of rotatable bonds is 4. The van der Waals surface area contributed by atoms with Crippen molar-refractivity contribution in [2.24, 2.45) is 0 Å². The van der Waals surface area contributed by atoms with Gasteiger partial charge in [-0.25, -0.2) is 4.98 Å². The number of hydrogen-bond donors (Lipinski definition) is 2. The van der Waals surface area contributed by atoms with Crippen molar-refractivity contribution in [3.63, 3.8) is 0 Å². The van der Waals surface area contributed by atoms with E-state index in [0.717, 1.165) is 5.01 Å². The number of aryl methyl sites for hydroxylation is 1. The molecule has 106 valence electrons. The lowest BCUT2D eigenvalue weighted by Crippen LogP contribution is -2.14. The van der Waals surface area contributed by atoms with Gasteiger partial charge >= 0.3 is 0 Å². The van der Waals surface area contributed by atoms with Crippen molar-refractivity contribution < 1.29 is 14.3 Å². The minimum absolute atomic E-state index is 0.312. The molecule has 0 radical (unpaired) electrons. The molecular formula is C13H15N3O3S. The number of carbonyl (C=O) groups excluding carboxylic acids is 1. The van der Waals surface area contributed by atoms with Crippen LogP contribution in [-0.2, 0) is 0 Å². The Balaban J connectivity index is 2.27. The highest BCUT2D eigenvalue weighted by Gasteiger charge is 2.14. The maximum absolute atomic E-state index is 12.0. The normalized spacial score (nSPS) is 10.2. The fourth-order valence-electron chi connectivity index (χ4n) is 1.66. The van der Waals surface area contributed by atoms with Crippen molar-refractivity contribution in [2.45, 2.75) is 6.92 Å². The van der Waals surface area contributed by atoms with E-state index in [2.05, 4.69) is 10.3 Å². The Morgan fingerprint density at radius 2 is 1.95 bits per heavy atom. The zero-order valence-electron chi connectivity index (χ0n) is 11.4. The van der Waals surface area contributed by atoms with Gasteiger partial charge in [0.05, 0.1) is 30.6 Å². The standard InChI is InChI=1S/C13H15N3O3S/c1-7-15-10(6-20-7)13(17)16-9-5-12(19-3)11(18-2)4-8(9)14/h4-6H,14H2,1-3H3,(H,16,17). The van der Waals surface area contributed by atoms with E-state index in [4.69, 9.17) is 15.2 Å². The molecule has 3 N–H and O–H groups in total. The Bertz CT molecular complexity index is 640. The lowest BCUT2D eigenvalue weighted by molar-refractivity contribution is 0.102. The lowest BCUT2D eigenvalue weighted by atomic mass is 10.2. The van der Waals surface area contributed by atoms with Crippen molar-refractivity contribution in [1.29, 1.82) is 0 Å². The summed E-state index contributed by atoms with van der Waals surface area (Å²) >= 11 is 1.41. The molecule has 0 aliphatic carbocycles. The summed E-state index contributed by atoms with van der Waals surface area (Å²) in [6.07, 6.45) is 0. The van der Waals surface area contributed by atoms with Gasteiger partial charge in [0.15, 0.2) is 11.5 Å². The Morgan fingerprint density at radius 3 is 2.50 bits per heavy atom. The van der Waals surface area contributed by atoms with Gasteiger partial charge in [-0.05, 0) is 6.92 Å². The van der Waals surface area contributed by atoms with Crippen LogP contribution < -0.4 is 20.5 Å². The first-order valence-electron chi connectivity index (χ1n) is 5.80. The zero-order valence-corrected chi connectivity index (χ0v) is 12.2. The van der Waals surface area contributed by atoms with E-state index in [-0.39, 0.29) is 5.91 Å². The van der Waals surface area contributed by atoms with Gasteiger partial charge in [0, 0.05) is 17.5 Å². The van der Waals surface area contributed by atoms with E-state index in [1.807, 2.05) is 6.92 Å². The van der Waals surface area contributed by atoms with Gasteiger partial charge in [-0.1, -0.05) is 0 Å². The van der Waals surface area contributed by atoms with E-state index >= 15 is 0 Å². The highest BCUT2D eigenvalue weighted by atomic mass is 32.1. The molecule has 2 aromatic rings. The fraction of sp³-hybridized carbons (Fsp3) is 0.231. The zero-order chi connectivity index (χ0) is 14.7. The lowest BCUT2D eigenvalue weighted by Gasteiger charge is -2.12. The van der Waals surface area contributed by atoms with Gasteiger partial charge in [-0.2, -0.15) is 0 Å². The molecule has 0 unspecified atom stereocenters. The first-order chi connectivity index (χ1) is 9.55. The molecule has 0 aliphatic heterocycles. The molecule has 20 heavy (non-hydrogen) atoms. The SMILES string of the molecule is COc1cc(N)c(NC(=O)c2csc(C)n2)cc1OC. The van der Waals surface area contributed by atoms with Crippen LogP contribution >= 0.6 is 11.3 Å². The number of thiazole rings is 1. The third-order valence-corrected chi connectivity index (χ3v) is 3.43. The van der Waals surface area contributed by atoms with Crippen molar-refractivity contribution in [3.05, 3.63) is 28.2 Å². The summed E-state index contributed by atoms with van der Waals surface area (Å²) in [5.74, 6) is 0.687. The Labute approximate surface area is 120 Å². The molecule has 1 amide bonds. The summed E-state index contributed by atoms with van der Waals surface area (Å²) < 4.78 is 10.3. The Hall–Kier alpha value is -2.28. The Kier molecular flexibility index (Phi) is 4.09. The van der Waals surface area contributed by atoms with E-state index in [0.29, 0.717) is 28.6 Å². The number of benzene rings is 1. The number of nitrogen functional groups attached to an aromatic ring is 1. The molecule has 7 heteroatoms. The number of anilines is 2. The van der Waals surface area contributed by atoms with Gasteiger partial charge in [-0.3, -0.25) is 4.79 Å². The van der Waals surface area contributed by atoms with Crippen molar-refractivity contribution in [1.82, 2.24) is 4.98 Å². The van der Waals surface area contributed by atoms with Crippen LogP contribution in [0, 0.1) is 6.92 Å². The third-order valence-electron chi connectivity index (χ3n) is 2.66. The van der Waals surface area contributed by atoms with Crippen LogP contribution in [0.2, 0.25) is 0 Å². The average Bonchev–Trinajstić information content (AvgIpc) is 2.87. The first kappa shape index (κ1) is 14.1. The number of methoxy groups -OCH3 is 2. The molecule has 1 heterocycles. The minimum atomic E-state index is -0.312. The van der Waals surface area contributed by atoms with Gasteiger partial charge in [0.25, 0.3) is 5.91 Å². The summed E-state index contributed by atoms with van der Waals surface area (Å²) in [7, 11) is 3.04. The largest absolute Gasteiger partial charge is 0.493 e. The molecule has 2 rings (SSSR count). The summed E-state index contributed by atoms with van der Waals surface area (Å²) in [6.45, 7) is 1.84. The van der Waals surface area contributed by atoms with E-state index < -0.39 is 0 Å². The molecule has 0 spiro atoms. The number of nitrogens with two attached hydrogens (primary N) is 1. The number of carbonyl (C=O) groups is 1. The monoisotopic (exact) mass is 293 g/mol. The molecule has 1 aromatic carbocycles. The van der Waals surface area contributed by atoms with E-state index in [1.165, 1.54) is 25.6 Å². The number of ether oxygens (including phenoxy) is 2. The van der Waals surface area contributed by atoms with Crippen LogP contribution in [0.15, 0.2) is 17.5 Å². The third kappa shape index (κ3) is 2.83. The predicted octanol–water partition coefficient (Wildman–Crippen LogP) is 2.30. The second-order valence-corrected chi connectivity index (χ2v) is 5.06. The second kappa shape index (κ2) is 5.79. The molecule has 0 fully saturated rings. The van der Waals surface area contributed by atoms with Crippen LogP contribution in [0.4, 0.5) is 11.4 Å². The van der Waals surface area contributed by atoms with Gasteiger partial charge in [0.2, 0.25) is 0 Å². The summed E-state index contributed by atoms with van der Waals surface area (Å²) in [5, 5.41) is 5.24. The summed E-state index contributed by atoms with van der Waals surface area (Å²) in [6, 6.07) is 3.21. The second-order valence-electron chi connectivity index (χ2n) is 4.00. The van der Waals surface area contributed by atoms with Crippen molar-refractivity contribution in [2.75, 3.05) is 25.3 Å². The predicted molar refractivity (Wildman–Crippen MR) is 78.8 cm³/mol. The highest BCUT2D eigenvalue weighted by molar-refractivity contribution is 7.09. The fourth-order valence-corrected chi connectivity index (χ4v) is 2.25. The van der Waals surface area contributed by atoms with Gasteiger partial charge in [-0.15, -0.1) is 11.3 Å². The molecule has 0 bridgehead atoms. The van der Waals surface area contributed by atoms with E-state index in [9.17, 15) is 4.79 Å². The van der Waals surface area contributed by atoms with Crippen LogP contribution in [0.3, 0.4) is 0 Å². The molecule has 1 aromatic heterocycles. The average molecular weight is 293 g/mol. The quantitative estimate of drug-likeness (QED) is 0.845. The summed E-state index contributed by atoms with van der Waals surface area (Å²) in [4.78, 5) is 16.2. The van der Waals surface area contributed by atoms with Crippen LogP contribution in [0.25, 0.3) is 0 Å². The minimum Gasteiger partial charge on any atom is -0.493 e. The maximum Gasteiger partial charge on any atom is 0.275 e. The maximum atomic E-state index is 12.0. The van der Waals surface area contributed by atoms with Crippen molar-refractivity contribution >= 4 is 28.6 Å². The van der Waals surface area contributed by atoms with Crippen LogP contribution in [-0.4, -0.2) is 25.1 Å². The smallest absolute Gasteiger partial charge is 0.275 e. The van der Waals surface area contributed by atoms with E-state index in [1.54, 1.807) is 17.5 Å². The molecule has 0 saturated carbocycles. The molecule has 0 saturated heterocycles. The van der Waals surface area contributed by atoms with Crippen LogP contribution in [0.5, 0.6) is 11.5 Å². The molecule has 0 atom stereocenters. The number of nitrogens with one attached hydrogen (secondary N) is 1. The van der Waals surface area contributed by atoms with Crippen molar-refractivity contribution in [3.8, 4) is 11.5 Å². The molecule has 0 aliphatic rings. The van der Waals surface area contributed by atoms with Crippen LogP contribution in [0.1, 0.15) is 15.5 Å². The number of nitrogens with zero attached hydrogens (tertiary/aromatic N) is 1. The molecule has 6 nitrogen and oxygen atoms in total. The first-order valence-corrected chi connectivity index (χ1v) is 6.68. The topological polar surface area (TPSA) is 86.5 Å².